The molecule has 2 aliphatic carbocycles. The number of halogens is 1. The Hall–Kier alpha value is -1.98. The Morgan fingerprint density at radius 2 is 2.10 bits per heavy atom. The van der Waals surface area contributed by atoms with Crippen molar-refractivity contribution in [2.45, 2.75) is 51.0 Å². The number of carboxylic acids is 1. The number of allylic oxidation sites excluding steroid dienone is 2. The minimum absolute atomic E-state index is 0.211. The first-order valence-electron chi connectivity index (χ1n) is 10.3. The van der Waals surface area contributed by atoms with Crippen molar-refractivity contribution in [1.29, 1.82) is 0 Å². The SMILES string of the molecule is O=C(O)CCCCC1=C[C@@H]2C[C@H](O)[C@@H](C(O)=CCCOc3cccc(Cl)c3)[C@@H]2C1. The van der Waals surface area contributed by atoms with Gasteiger partial charge in [0.15, 0.2) is 0 Å². The van der Waals surface area contributed by atoms with Crippen molar-refractivity contribution in [3.63, 3.8) is 0 Å². The largest absolute Gasteiger partial charge is 0.512 e. The molecule has 5 nitrogen and oxygen atoms in total. The van der Waals surface area contributed by atoms with Crippen LogP contribution < -0.4 is 4.74 Å². The molecule has 0 aliphatic heterocycles. The third kappa shape index (κ3) is 6.00. The number of rotatable bonds is 10. The second-order valence-corrected chi connectivity index (χ2v) is 8.45. The molecule has 0 unspecified atom stereocenters. The molecule has 1 fully saturated rings. The zero-order valence-corrected chi connectivity index (χ0v) is 17.2. The molecule has 0 amide bonds. The molecule has 0 bridgehead atoms. The van der Waals surface area contributed by atoms with Crippen LogP contribution in [-0.4, -0.2) is 34.0 Å². The first-order valence-corrected chi connectivity index (χ1v) is 10.7. The summed E-state index contributed by atoms with van der Waals surface area (Å²) in [6, 6.07) is 7.20. The average Bonchev–Trinajstić information content (AvgIpc) is 3.18. The summed E-state index contributed by atoms with van der Waals surface area (Å²) >= 11 is 5.94. The van der Waals surface area contributed by atoms with E-state index in [-0.39, 0.29) is 24.0 Å². The van der Waals surface area contributed by atoms with Crippen LogP contribution in [0.1, 0.15) is 44.9 Å². The predicted molar refractivity (Wildman–Crippen MR) is 112 cm³/mol. The van der Waals surface area contributed by atoms with Crippen molar-refractivity contribution >= 4 is 17.6 Å². The summed E-state index contributed by atoms with van der Waals surface area (Å²) in [4.78, 5) is 10.6. The molecule has 1 aromatic rings. The molecule has 3 N–H and O–H groups in total. The van der Waals surface area contributed by atoms with E-state index in [0.29, 0.717) is 42.6 Å². The first kappa shape index (κ1) is 21.7. The summed E-state index contributed by atoms with van der Waals surface area (Å²) in [6.45, 7) is 0.425. The molecule has 158 valence electrons. The summed E-state index contributed by atoms with van der Waals surface area (Å²) in [6.07, 6.45) is 8.23. The molecule has 6 heteroatoms. The second kappa shape index (κ2) is 10.2. The fourth-order valence-corrected chi connectivity index (χ4v) is 4.78. The van der Waals surface area contributed by atoms with E-state index >= 15 is 0 Å². The van der Waals surface area contributed by atoms with E-state index in [2.05, 4.69) is 6.08 Å². The Kier molecular flexibility index (Phi) is 7.62. The number of hydrogen-bond acceptors (Lipinski definition) is 4. The van der Waals surface area contributed by atoms with Crippen molar-refractivity contribution in [2.24, 2.45) is 17.8 Å². The van der Waals surface area contributed by atoms with Crippen molar-refractivity contribution in [3.8, 4) is 5.75 Å². The van der Waals surface area contributed by atoms with Gasteiger partial charge in [-0.3, -0.25) is 4.79 Å². The van der Waals surface area contributed by atoms with Gasteiger partial charge in [-0.15, -0.1) is 0 Å². The fraction of sp³-hybridized carbons (Fsp3) is 0.522. The normalized spacial score (nSPS) is 26.3. The number of carboxylic acid groups (broad SMARTS) is 1. The van der Waals surface area contributed by atoms with Crippen LogP contribution in [0.25, 0.3) is 0 Å². The highest BCUT2D eigenvalue weighted by Crippen LogP contribution is 2.49. The van der Waals surface area contributed by atoms with Crippen LogP contribution in [0.15, 0.2) is 47.7 Å². The van der Waals surface area contributed by atoms with Gasteiger partial charge in [0.2, 0.25) is 0 Å². The molecule has 29 heavy (non-hydrogen) atoms. The van der Waals surface area contributed by atoms with E-state index in [1.54, 1.807) is 18.2 Å². The van der Waals surface area contributed by atoms with Gasteiger partial charge < -0.3 is 20.1 Å². The number of carbonyl (C=O) groups is 1. The summed E-state index contributed by atoms with van der Waals surface area (Å²) in [5, 5.41) is 30.4. The lowest BCUT2D eigenvalue weighted by molar-refractivity contribution is -0.137. The molecule has 3 rings (SSSR count). The third-order valence-corrected chi connectivity index (χ3v) is 6.14. The maximum atomic E-state index is 10.6. The Labute approximate surface area is 176 Å². The Bertz CT molecular complexity index is 772. The molecule has 0 aromatic heterocycles. The van der Waals surface area contributed by atoms with Gasteiger partial charge >= 0.3 is 5.97 Å². The molecule has 0 radical (unpaired) electrons. The first-order chi connectivity index (χ1) is 13.9. The number of aliphatic hydroxyl groups is 2. The highest BCUT2D eigenvalue weighted by Gasteiger charge is 2.46. The van der Waals surface area contributed by atoms with Crippen LogP contribution in [0.4, 0.5) is 0 Å². The minimum atomic E-state index is -0.750. The van der Waals surface area contributed by atoms with Gasteiger partial charge in [-0.2, -0.15) is 0 Å². The molecule has 0 saturated heterocycles. The maximum absolute atomic E-state index is 10.6. The Balaban J connectivity index is 1.47. The number of benzene rings is 1. The van der Waals surface area contributed by atoms with Crippen LogP contribution in [0.2, 0.25) is 5.02 Å². The van der Waals surface area contributed by atoms with Crippen LogP contribution in [0.3, 0.4) is 0 Å². The summed E-state index contributed by atoms with van der Waals surface area (Å²) < 4.78 is 5.65. The number of hydrogen-bond donors (Lipinski definition) is 3. The molecule has 4 atom stereocenters. The van der Waals surface area contributed by atoms with Gasteiger partial charge in [0, 0.05) is 23.8 Å². The summed E-state index contributed by atoms with van der Waals surface area (Å²) in [7, 11) is 0. The van der Waals surface area contributed by atoms with Crippen molar-refractivity contribution < 1.29 is 24.9 Å². The minimum Gasteiger partial charge on any atom is -0.512 e. The van der Waals surface area contributed by atoms with E-state index < -0.39 is 12.1 Å². The average molecular weight is 421 g/mol. The van der Waals surface area contributed by atoms with Gasteiger partial charge in [-0.1, -0.05) is 29.3 Å². The maximum Gasteiger partial charge on any atom is 0.303 e. The molecular formula is C23H29ClO5. The van der Waals surface area contributed by atoms with E-state index in [1.165, 1.54) is 5.57 Å². The molecule has 0 spiro atoms. The fourth-order valence-electron chi connectivity index (χ4n) is 4.60. The standard InChI is InChI=1S/C23H29ClO5/c24-17-6-3-7-18(14-17)29-10-4-8-20(25)23-19-12-15(5-1-2-9-22(27)28)11-16(19)13-21(23)26/h3,6-8,11,14,16,19,21,23,25-26H,1-2,4-5,9-10,12-13H2,(H,27,28)/t16-,19-,21+,23-/m1/s1. The van der Waals surface area contributed by atoms with Gasteiger partial charge in [0.25, 0.3) is 0 Å². The molecule has 1 saturated carbocycles. The Morgan fingerprint density at radius 1 is 1.28 bits per heavy atom. The van der Waals surface area contributed by atoms with Crippen LogP contribution in [0.5, 0.6) is 5.75 Å². The number of unbranched alkanes of at least 4 members (excludes halogenated alkanes) is 1. The lowest BCUT2D eigenvalue weighted by Crippen LogP contribution is -2.22. The second-order valence-electron chi connectivity index (χ2n) is 8.01. The smallest absolute Gasteiger partial charge is 0.303 e. The van der Waals surface area contributed by atoms with Gasteiger partial charge in [-0.05, 0) is 68.2 Å². The van der Waals surface area contributed by atoms with Crippen molar-refractivity contribution in [1.82, 2.24) is 0 Å². The summed E-state index contributed by atoms with van der Waals surface area (Å²) in [5.74, 6) is 0.477. The predicted octanol–water partition coefficient (Wildman–Crippen LogP) is 5.14. The van der Waals surface area contributed by atoms with E-state index in [9.17, 15) is 15.0 Å². The summed E-state index contributed by atoms with van der Waals surface area (Å²) in [5.41, 5.74) is 1.33. The molecule has 0 heterocycles. The lowest BCUT2D eigenvalue weighted by Gasteiger charge is -2.21. The number of aliphatic hydroxyl groups excluding tert-OH is 2. The molecule has 1 aromatic carbocycles. The topological polar surface area (TPSA) is 87.0 Å². The third-order valence-electron chi connectivity index (χ3n) is 5.90. The highest BCUT2D eigenvalue weighted by atomic mass is 35.5. The molecular weight excluding hydrogens is 392 g/mol. The van der Waals surface area contributed by atoms with Crippen LogP contribution in [-0.2, 0) is 4.79 Å². The lowest BCUT2D eigenvalue weighted by atomic mass is 9.87. The van der Waals surface area contributed by atoms with Crippen molar-refractivity contribution in [2.75, 3.05) is 6.61 Å². The quantitative estimate of drug-likeness (QED) is 0.277. The van der Waals surface area contributed by atoms with Gasteiger partial charge in [-0.25, -0.2) is 0 Å². The van der Waals surface area contributed by atoms with E-state index in [1.807, 2.05) is 12.1 Å². The monoisotopic (exact) mass is 420 g/mol. The molecule has 2 aliphatic rings. The van der Waals surface area contributed by atoms with E-state index in [0.717, 1.165) is 19.3 Å². The zero-order valence-electron chi connectivity index (χ0n) is 16.5. The highest BCUT2D eigenvalue weighted by molar-refractivity contribution is 6.30. The number of ether oxygens (including phenoxy) is 1. The van der Waals surface area contributed by atoms with Gasteiger partial charge in [0.1, 0.15) is 5.75 Å². The number of fused-ring (bicyclic) bond motifs is 1. The number of aliphatic carboxylic acids is 1. The van der Waals surface area contributed by atoms with Gasteiger partial charge in [0.05, 0.1) is 18.5 Å². The van der Waals surface area contributed by atoms with E-state index in [4.69, 9.17) is 21.4 Å². The van der Waals surface area contributed by atoms with Crippen LogP contribution >= 0.6 is 11.6 Å². The zero-order chi connectivity index (χ0) is 20.8. The van der Waals surface area contributed by atoms with Crippen LogP contribution in [0, 0.1) is 17.8 Å². The Morgan fingerprint density at radius 3 is 2.86 bits per heavy atom. The van der Waals surface area contributed by atoms with Crippen molar-refractivity contribution in [3.05, 3.63) is 52.8 Å².